The molecule has 2 amide bonds. The van der Waals surface area contributed by atoms with E-state index < -0.39 is 5.41 Å². The Balaban J connectivity index is 2.04. The van der Waals surface area contributed by atoms with E-state index in [0.29, 0.717) is 22.6 Å². The Labute approximate surface area is 172 Å². The Morgan fingerprint density at radius 2 is 1.00 bits per heavy atom. The number of amides is 2. The number of hydrazone groups is 2. The van der Waals surface area contributed by atoms with E-state index >= 15 is 0 Å². The van der Waals surface area contributed by atoms with Gasteiger partial charge >= 0.3 is 0 Å². The maximum atomic E-state index is 12.2. The number of rotatable bonds is 6. The Bertz CT molecular complexity index is 862. The monoisotopic (exact) mass is 392 g/mol. The summed E-state index contributed by atoms with van der Waals surface area (Å²) in [6.07, 6.45) is 0. The first-order valence-electron chi connectivity index (χ1n) is 9.45. The number of nitrogens with one attached hydrogen (secondary N) is 2. The quantitative estimate of drug-likeness (QED) is 0.569. The molecular weight excluding hydrogens is 364 g/mol. The summed E-state index contributed by atoms with van der Waals surface area (Å²) in [6.45, 7) is 11.4. The lowest BCUT2D eigenvalue weighted by Gasteiger charge is -2.24. The lowest BCUT2D eigenvalue weighted by atomic mass is 9.84. The van der Waals surface area contributed by atoms with E-state index in [1.165, 1.54) is 0 Å². The standard InChI is InChI=1S/C23H28N4O2/c1-15-7-11-19(12-8-15)21(28)26-24-17(3)23(5,6)18(4)25-27-22(29)20-13-9-16(2)10-14-20/h7-14H,1-6H3,(H,26,28)(H,27,29)/b24-17+,25-18+. The van der Waals surface area contributed by atoms with E-state index in [0.717, 1.165) is 11.1 Å². The van der Waals surface area contributed by atoms with Crippen LogP contribution in [-0.2, 0) is 0 Å². The van der Waals surface area contributed by atoms with Gasteiger partial charge in [0.25, 0.3) is 11.8 Å². The van der Waals surface area contributed by atoms with Crippen LogP contribution in [0.1, 0.15) is 59.5 Å². The average Bonchev–Trinajstić information content (AvgIpc) is 2.70. The highest BCUT2D eigenvalue weighted by Gasteiger charge is 2.26. The first kappa shape index (κ1) is 22.0. The van der Waals surface area contributed by atoms with Crippen molar-refractivity contribution < 1.29 is 9.59 Å². The van der Waals surface area contributed by atoms with Gasteiger partial charge in [0.05, 0.1) is 0 Å². The molecule has 0 atom stereocenters. The van der Waals surface area contributed by atoms with Crippen molar-refractivity contribution in [2.24, 2.45) is 15.6 Å². The van der Waals surface area contributed by atoms with Crippen molar-refractivity contribution in [2.75, 3.05) is 0 Å². The average molecular weight is 393 g/mol. The summed E-state index contributed by atoms with van der Waals surface area (Å²) in [5.74, 6) is -0.551. The summed E-state index contributed by atoms with van der Waals surface area (Å²) in [4.78, 5) is 24.5. The fraction of sp³-hybridized carbons (Fsp3) is 0.304. The molecule has 0 saturated heterocycles. The van der Waals surface area contributed by atoms with E-state index in [1.54, 1.807) is 24.3 Å². The van der Waals surface area contributed by atoms with Gasteiger partial charge in [0.2, 0.25) is 0 Å². The van der Waals surface area contributed by atoms with E-state index in [-0.39, 0.29) is 11.8 Å². The second-order valence-corrected chi connectivity index (χ2v) is 7.63. The smallest absolute Gasteiger partial charge is 0.267 e. The molecule has 152 valence electrons. The summed E-state index contributed by atoms with van der Waals surface area (Å²) < 4.78 is 0. The molecule has 6 nitrogen and oxygen atoms in total. The highest BCUT2D eigenvalue weighted by atomic mass is 16.2. The van der Waals surface area contributed by atoms with Crippen LogP contribution in [0.3, 0.4) is 0 Å². The predicted molar refractivity (Wildman–Crippen MR) is 117 cm³/mol. The van der Waals surface area contributed by atoms with Crippen LogP contribution in [0, 0.1) is 19.3 Å². The molecule has 2 N–H and O–H groups in total. The Morgan fingerprint density at radius 1 is 0.690 bits per heavy atom. The van der Waals surface area contributed by atoms with Crippen LogP contribution in [0.5, 0.6) is 0 Å². The zero-order valence-electron chi connectivity index (χ0n) is 17.8. The van der Waals surface area contributed by atoms with Crippen LogP contribution in [0.4, 0.5) is 0 Å². The summed E-state index contributed by atoms with van der Waals surface area (Å²) in [6, 6.07) is 14.5. The van der Waals surface area contributed by atoms with Crippen molar-refractivity contribution in [3.05, 3.63) is 70.8 Å². The lowest BCUT2D eigenvalue weighted by molar-refractivity contribution is 0.0947. The third-order valence-corrected chi connectivity index (χ3v) is 5.09. The van der Waals surface area contributed by atoms with Crippen LogP contribution in [0.25, 0.3) is 0 Å². The maximum Gasteiger partial charge on any atom is 0.271 e. The van der Waals surface area contributed by atoms with Crippen LogP contribution >= 0.6 is 0 Å². The van der Waals surface area contributed by atoms with Crippen LogP contribution < -0.4 is 10.9 Å². The Hall–Kier alpha value is -3.28. The molecule has 2 aromatic carbocycles. The molecule has 0 aromatic heterocycles. The molecular formula is C23H28N4O2. The molecule has 0 aliphatic heterocycles. The van der Waals surface area contributed by atoms with Gasteiger partial charge in [0.1, 0.15) is 0 Å². The third kappa shape index (κ3) is 5.85. The molecule has 0 aliphatic rings. The minimum absolute atomic E-state index is 0.276. The second-order valence-electron chi connectivity index (χ2n) is 7.63. The Kier molecular flexibility index (Phi) is 7.04. The molecule has 0 heterocycles. The van der Waals surface area contributed by atoms with E-state index in [1.807, 2.05) is 65.8 Å². The molecule has 0 fully saturated rings. The van der Waals surface area contributed by atoms with Gasteiger partial charge in [0, 0.05) is 28.0 Å². The topological polar surface area (TPSA) is 82.9 Å². The van der Waals surface area contributed by atoms with Crippen molar-refractivity contribution in [1.29, 1.82) is 0 Å². The van der Waals surface area contributed by atoms with Gasteiger partial charge in [-0.15, -0.1) is 0 Å². The van der Waals surface area contributed by atoms with Gasteiger partial charge in [-0.05, 0) is 65.8 Å². The molecule has 0 spiro atoms. The van der Waals surface area contributed by atoms with Gasteiger partial charge in [-0.25, -0.2) is 10.9 Å². The molecule has 2 rings (SSSR count). The number of aryl methyl sites for hydroxylation is 2. The SMILES string of the molecule is C/C(=N\NC(=O)c1ccc(C)cc1)C(C)(C)/C(C)=N/NC(=O)c1ccc(C)cc1. The number of carbonyl (C=O) groups excluding carboxylic acids is 2. The van der Waals surface area contributed by atoms with E-state index in [4.69, 9.17) is 0 Å². The molecule has 0 aliphatic carbocycles. The minimum atomic E-state index is -0.554. The zero-order valence-corrected chi connectivity index (χ0v) is 17.8. The van der Waals surface area contributed by atoms with Crippen LogP contribution in [-0.4, -0.2) is 23.2 Å². The normalized spacial score (nSPS) is 12.5. The first-order valence-corrected chi connectivity index (χ1v) is 9.45. The third-order valence-electron chi connectivity index (χ3n) is 5.09. The highest BCUT2D eigenvalue weighted by Crippen LogP contribution is 2.20. The minimum Gasteiger partial charge on any atom is -0.267 e. The van der Waals surface area contributed by atoms with E-state index in [9.17, 15) is 9.59 Å². The molecule has 2 aromatic rings. The highest BCUT2D eigenvalue weighted by molar-refractivity contribution is 6.10. The van der Waals surface area contributed by atoms with Crippen molar-refractivity contribution in [1.82, 2.24) is 10.9 Å². The van der Waals surface area contributed by atoms with Gasteiger partial charge in [0.15, 0.2) is 0 Å². The number of nitrogens with zero attached hydrogens (tertiary/aromatic N) is 2. The van der Waals surface area contributed by atoms with Crippen LogP contribution in [0.2, 0.25) is 0 Å². The Morgan fingerprint density at radius 3 is 1.31 bits per heavy atom. The lowest BCUT2D eigenvalue weighted by Crippen LogP contribution is -2.34. The number of benzene rings is 2. The summed E-state index contributed by atoms with van der Waals surface area (Å²) in [5.41, 5.74) is 9.20. The van der Waals surface area contributed by atoms with E-state index in [2.05, 4.69) is 21.1 Å². The zero-order chi connectivity index (χ0) is 21.6. The van der Waals surface area contributed by atoms with Gasteiger partial charge in [-0.2, -0.15) is 10.2 Å². The molecule has 29 heavy (non-hydrogen) atoms. The largest absolute Gasteiger partial charge is 0.271 e. The summed E-state index contributed by atoms with van der Waals surface area (Å²) in [7, 11) is 0. The van der Waals surface area contributed by atoms with Gasteiger partial charge in [-0.1, -0.05) is 35.4 Å². The fourth-order valence-corrected chi connectivity index (χ4v) is 2.35. The van der Waals surface area contributed by atoms with Crippen molar-refractivity contribution >= 4 is 23.2 Å². The molecule has 0 saturated carbocycles. The number of carbonyl (C=O) groups is 2. The van der Waals surface area contributed by atoms with Crippen molar-refractivity contribution in [3.8, 4) is 0 Å². The molecule has 0 radical (unpaired) electrons. The predicted octanol–water partition coefficient (Wildman–Crippen LogP) is 4.24. The summed E-state index contributed by atoms with van der Waals surface area (Å²) in [5, 5.41) is 8.47. The molecule has 6 heteroatoms. The van der Waals surface area contributed by atoms with Crippen molar-refractivity contribution in [3.63, 3.8) is 0 Å². The van der Waals surface area contributed by atoms with Gasteiger partial charge < -0.3 is 0 Å². The van der Waals surface area contributed by atoms with Gasteiger partial charge in [-0.3, -0.25) is 9.59 Å². The maximum absolute atomic E-state index is 12.2. The first-order chi connectivity index (χ1) is 13.6. The summed E-state index contributed by atoms with van der Waals surface area (Å²) >= 11 is 0. The van der Waals surface area contributed by atoms with Crippen molar-refractivity contribution in [2.45, 2.75) is 41.5 Å². The second kappa shape index (κ2) is 9.28. The fourth-order valence-electron chi connectivity index (χ4n) is 2.35. The number of hydrogen-bond acceptors (Lipinski definition) is 4. The number of hydrogen-bond donors (Lipinski definition) is 2. The molecule has 0 bridgehead atoms. The molecule has 0 unspecified atom stereocenters. The van der Waals surface area contributed by atoms with Crippen LogP contribution in [0.15, 0.2) is 58.7 Å².